The van der Waals surface area contributed by atoms with Crippen LogP contribution in [-0.2, 0) is 0 Å². The van der Waals surface area contributed by atoms with Gasteiger partial charge in [0.15, 0.2) is 0 Å². The van der Waals surface area contributed by atoms with E-state index in [1.165, 1.54) is 0 Å². The highest BCUT2D eigenvalue weighted by Gasteiger charge is 1.97. The molecule has 62 valence electrons. The maximum Gasteiger partial charge on any atom is 0.0521 e. The van der Waals surface area contributed by atoms with Gasteiger partial charge in [-0.25, -0.2) is 0 Å². The Labute approximate surface area is 67.4 Å². The summed E-state index contributed by atoms with van der Waals surface area (Å²) in [4.78, 5) is 0. The summed E-state index contributed by atoms with van der Waals surface area (Å²) in [7, 11) is 0. The summed E-state index contributed by atoms with van der Waals surface area (Å²) in [6.07, 6.45) is 0. The van der Waals surface area contributed by atoms with Gasteiger partial charge in [-0.1, -0.05) is 6.92 Å². The van der Waals surface area contributed by atoms with Crippen molar-refractivity contribution in [2.75, 3.05) is 24.7 Å². The number of hydrogen-bond acceptors (Lipinski definition) is 3. The molecule has 2 nitrogen and oxygen atoms in total. The molecule has 0 saturated heterocycles. The maximum atomic E-state index is 8.47. The fourth-order valence-electron chi connectivity index (χ4n) is 0.732. The van der Waals surface area contributed by atoms with Gasteiger partial charge in [0.25, 0.3) is 0 Å². The minimum Gasteiger partial charge on any atom is -0.396 e. The molecule has 2 N–H and O–H groups in total. The molecule has 1 atom stereocenters. The average molecular weight is 163 g/mol. The lowest BCUT2D eigenvalue weighted by Crippen LogP contribution is -2.27. The van der Waals surface area contributed by atoms with Gasteiger partial charge in [-0.3, -0.25) is 0 Å². The Balaban J connectivity index is 2.97. The van der Waals surface area contributed by atoms with Gasteiger partial charge in [0.05, 0.1) is 6.61 Å². The van der Waals surface area contributed by atoms with Crippen molar-refractivity contribution in [3.63, 3.8) is 0 Å². The Morgan fingerprint density at radius 3 is 2.80 bits per heavy atom. The Hall–Kier alpha value is 0.270. The predicted molar refractivity (Wildman–Crippen MR) is 47.5 cm³/mol. The number of nitrogens with one attached hydrogen (secondary N) is 1. The highest BCUT2D eigenvalue weighted by molar-refractivity contribution is 7.99. The van der Waals surface area contributed by atoms with Crippen molar-refractivity contribution in [3.05, 3.63) is 0 Å². The lowest BCUT2D eigenvalue weighted by molar-refractivity contribution is 0.322. The van der Waals surface area contributed by atoms with Crippen LogP contribution in [0.25, 0.3) is 0 Å². The molecular formula is C7H17NOS. The van der Waals surface area contributed by atoms with Gasteiger partial charge in [-0.05, 0) is 13.5 Å². The highest BCUT2D eigenvalue weighted by Crippen LogP contribution is 2.00. The van der Waals surface area contributed by atoms with E-state index in [1.54, 1.807) is 11.8 Å². The number of rotatable bonds is 6. The zero-order chi connectivity index (χ0) is 7.82. The van der Waals surface area contributed by atoms with Crippen molar-refractivity contribution in [1.82, 2.24) is 5.32 Å². The molecule has 0 rings (SSSR count). The van der Waals surface area contributed by atoms with Gasteiger partial charge in [0, 0.05) is 17.5 Å². The third kappa shape index (κ3) is 6.39. The zero-order valence-electron chi connectivity index (χ0n) is 6.76. The van der Waals surface area contributed by atoms with E-state index in [4.69, 9.17) is 5.11 Å². The standard InChI is InChI=1S/C7H17NOS/c1-3-8-7(2)6-10-5-4-9/h7-9H,3-6H2,1-2H3. The van der Waals surface area contributed by atoms with E-state index in [-0.39, 0.29) is 0 Å². The molecule has 0 amide bonds. The second kappa shape index (κ2) is 7.38. The van der Waals surface area contributed by atoms with Gasteiger partial charge in [-0.2, -0.15) is 11.8 Å². The van der Waals surface area contributed by atoms with E-state index in [2.05, 4.69) is 19.2 Å². The number of hydrogen-bond donors (Lipinski definition) is 2. The Bertz CT molecular complexity index is 70.6. The molecule has 0 aliphatic carbocycles. The molecule has 0 aromatic rings. The number of aliphatic hydroxyl groups excluding tert-OH is 1. The Kier molecular flexibility index (Phi) is 7.58. The normalized spacial score (nSPS) is 13.5. The van der Waals surface area contributed by atoms with E-state index in [1.807, 2.05) is 0 Å². The van der Waals surface area contributed by atoms with E-state index >= 15 is 0 Å². The summed E-state index contributed by atoms with van der Waals surface area (Å²) < 4.78 is 0. The lowest BCUT2D eigenvalue weighted by atomic mass is 10.4. The Morgan fingerprint density at radius 1 is 1.60 bits per heavy atom. The van der Waals surface area contributed by atoms with Gasteiger partial charge >= 0.3 is 0 Å². The molecule has 3 heteroatoms. The highest BCUT2D eigenvalue weighted by atomic mass is 32.2. The second-order valence-corrected chi connectivity index (χ2v) is 3.41. The first kappa shape index (κ1) is 10.3. The average Bonchev–Trinajstić information content (AvgIpc) is 1.89. The predicted octanol–water partition coefficient (Wildman–Crippen LogP) is 0.710. The van der Waals surface area contributed by atoms with Gasteiger partial charge in [0.1, 0.15) is 0 Å². The smallest absolute Gasteiger partial charge is 0.0521 e. The fourth-order valence-corrected chi connectivity index (χ4v) is 1.50. The third-order valence-corrected chi connectivity index (χ3v) is 2.36. The molecule has 0 aliphatic heterocycles. The van der Waals surface area contributed by atoms with Crippen LogP contribution in [0.15, 0.2) is 0 Å². The molecule has 1 unspecified atom stereocenters. The largest absolute Gasteiger partial charge is 0.396 e. The topological polar surface area (TPSA) is 32.3 Å². The summed E-state index contributed by atoms with van der Waals surface area (Å²) in [5.74, 6) is 1.95. The van der Waals surface area contributed by atoms with E-state index < -0.39 is 0 Å². The van der Waals surface area contributed by atoms with E-state index in [0.717, 1.165) is 18.1 Å². The minimum absolute atomic E-state index is 0.295. The SMILES string of the molecule is CCNC(C)CSCCO. The summed E-state index contributed by atoms with van der Waals surface area (Å²) in [6, 6.07) is 0.571. The minimum atomic E-state index is 0.295. The molecule has 0 heterocycles. The molecule has 0 aromatic heterocycles. The monoisotopic (exact) mass is 163 g/mol. The van der Waals surface area contributed by atoms with Crippen molar-refractivity contribution < 1.29 is 5.11 Å². The van der Waals surface area contributed by atoms with Crippen molar-refractivity contribution in [2.45, 2.75) is 19.9 Å². The molecule has 0 spiro atoms. The van der Waals surface area contributed by atoms with Gasteiger partial charge in [-0.15, -0.1) is 0 Å². The molecule has 0 bridgehead atoms. The first-order valence-electron chi connectivity index (χ1n) is 3.73. The van der Waals surface area contributed by atoms with Crippen LogP contribution in [0.4, 0.5) is 0 Å². The van der Waals surface area contributed by atoms with Crippen molar-refractivity contribution in [3.8, 4) is 0 Å². The Morgan fingerprint density at radius 2 is 2.30 bits per heavy atom. The first-order chi connectivity index (χ1) is 4.81. The van der Waals surface area contributed by atoms with Crippen molar-refractivity contribution >= 4 is 11.8 Å². The van der Waals surface area contributed by atoms with Crippen LogP contribution in [0.2, 0.25) is 0 Å². The van der Waals surface area contributed by atoms with Crippen LogP contribution in [-0.4, -0.2) is 35.8 Å². The summed E-state index contributed by atoms with van der Waals surface area (Å²) in [5.41, 5.74) is 0. The molecule has 10 heavy (non-hydrogen) atoms. The van der Waals surface area contributed by atoms with Crippen LogP contribution in [0.3, 0.4) is 0 Å². The number of aliphatic hydroxyl groups is 1. The molecular weight excluding hydrogens is 146 g/mol. The summed E-state index contributed by atoms with van der Waals surface area (Å²) in [5, 5.41) is 11.8. The molecule has 0 aromatic carbocycles. The van der Waals surface area contributed by atoms with E-state index in [9.17, 15) is 0 Å². The molecule has 0 saturated carbocycles. The molecule has 0 fully saturated rings. The molecule has 0 radical (unpaired) electrons. The maximum absolute atomic E-state index is 8.47. The van der Waals surface area contributed by atoms with Crippen LogP contribution in [0.5, 0.6) is 0 Å². The molecule has 0 aliphatic rings. The third-order valence-electron chi connectivity index (χ3n) is 1.16. The van der Waals surface area contributed by atoms with Crippen molar-refractivity contribution in [2.24, 2.45) is 0 Å². The summed E-state index contributed by atoms with van der Waals surface area (Å²) in [6.45, 7) is 5.59. The van der Waals surface area contributed by atoms with Crippen molar-refractivity contribution in [1.29, 1.82) is 0 Å². The van der Waals surface area contributed by atoms with Gasteiger partial charge in [0.2, 0.25) is 0 Å². The van der Waals surface area contributed by atoms with Crippen LogP contribution >= 0.6 is 11.8 Å². The lowest BCUT2D eigenvalue weighted by Gasteiger charge is -2.10. The van der Waals surface area contributed by atoms with E-state index in [0.29, 0.717) is 12.6 Å². The van der Waals surface area contributed by atoms with Crippen LogP contribution in [0.1, 0.15) is 13.8 Å². The second-order valence-electron chi connectivity index (χ2n) is 2.26. The summed E-state index contributed by atoms with van der Waals surface area (Å²) >= 11 is 1.79. The van der Waals surface area contributed by atoms with Crippen LogP contribution < -0.4 is 5.32 Å². The fraction of sp³-hybridized carbons (Fsp3) is 1.00. The quantitative estimate of drug-likeness (QED) is 0.566. The first-order valence-corrected chi connectivity index (χ1v) is 4.88. The van der Waals surface area contributed by atoms with Crippen LogP contribution in [0, 0.1) is 0 Å². The number of thioether (sulfide) groups is 1. The zero-order valence-corrected chi connectivity index (χ0v) is 7.58. The van der Waals surface area contributed by atoms with Gasteiger partial charge < -0.3 is 10.4 Å².